The maximum Gasteiger partial charge on any atom is 0.416 e. The molecule has 0 aromatic heterocycles. The van der Waals surface area contributed by atoms with E-state index in [1.807, 2.05) is 0 Å². The molecule has 6 heteroatoms. The van der Waals surface area contributed by atoms with Crippen LogP contribution in [0.5, 0.6) is 0 Å². The van der Waals surface area contributed by atoms with Crippen molar-refractivity contribution in [3.63, 3.8) is 0 Å². The van der Waals surface area contributed by atoms with Gasteiger partial charge in [-0.2, -0.15) is 13.2 Å². The van der Waals surface area contributed by atoms with E-state index in [0.717, 1.165) is 12.1 Å². The van der Waals surface area contributed by atoms with Gasteiger partial charge in [0.25, 0.3) is 0 Å². The minimum atomic E-state index is -4.55. The van der Waals surface area contributed by atoms with E-state index in [-0.39, 0.29) is 4.47 Å². The molecule has 1 aromatic carbocycles. The largest absolute Gasteiger partial charge is 0.545 e. The fraction of sp³-hybridized carbons (Fsp3) is 0.125. The minimum absolute atomic E-state index is 0.0606. The molecule has 0 saturated heterocycles. The van der Waals surface area contributed by atoms with E-state index in [0.29, 0.717) is 6.07 Å². The molecule has 2 nitrogen and oxygen atoms in total. The molecule has 0 unspecified atom stereocenters. The Hall–Kier alpha value is -1.04. The number of alkyl halides is 3. The molecule has 1 rings (SSSR count). The van der Waals surface area contributed by atoms with Gasteiger partial charge in [0.05, 0.1) is 11.5 Å². The first kappa shape index (κ1) is 11.0. The highest BCUT2D eigenvalue weighted by Crippen LogP contribution is 2.31. The summed E-state index contributed by atoms with van der Waals surface area (Å²) < 4.78 is 36.5. The molecule has 0 heterocycles. The van der Waals surface area contributed by atoms with Crippen molar-refractivity contribution in [1.82, 2.24) is 0 Å². The number of carboxylic acid groups (broad SMARTS) is 1. The van der Waals surface area contributed by atoms with Crippen LogP contribution in [-0.4, -0.2) is 5.97 Å². The van der Waals surface area contributed by atoms with Crippen LogP contribution in [0.3, 0.4) is 0 Å². The van der Waals surface area contributed by atoms with Crippen molar-refractivity contribution in [3.8, 4) is 0 Å². The molecule has 0 radical (unpaired) electrons. The number of rotatable bonds is 1. The molecule has 0 N–H and O–H groups in total. The van der Waals surface area contributed by atoms with Gasteiger partial charge < -0.3 is 9.90 Å². The van der Waals surface area contributed by atoms with Crippen molar-refractivity contribution in [3.05, 3.63) is 33.8 Å². The smallest absolute Gasteiger partial charge is 0.416 e. The van der Waals surface area contributed by atoms with Gasteiger partial charge in [-0.15, -0.1) is 0 Å². The Bertz CT molecular complexity index is 373. The molecule has 0 saturated carbocycles. The molecular weight excluding hydrogens is 265 g/mol. The summed E-state index contributed by atoms with van der Waals surface area (Å²) in [6.45, 7) is 0. The summed E-state index contributed by atoms with van der Waals surface area (Å²) in [5.74, 6) is -1.65. The summed E-state index contributed by atoms with van der Waals surface area (Å²) in [5.41, 5.74) is -1.53. The van der Waals surface area contributed by atoms with E-state index >= 15 is 0 Å². The Morgan fingerprint density at radius 1 is 1.36 bits per heavy atom. The second-order valence-corrected chi connectivity index (χ2v) is 3.33. The summed E-state index contributed by atoms with van der Waals surface area (Å²) in [6.07, 6.45) is -4.55. The first-order valence-corrected chi connectivity index (χ1v) is 4.20. The number of hydrogen-bond donors (Lipinski definition) is 0. The van der Waals surface area contributed by atoms with E-state index in [2.05, 4.69) is 15.9 Å². The zero-order chi connectivity index (χ0) is 10.9. The van der Waals surface area contributed by atoms with Gasteiger partial charge >= 0.3 is 6.18 Å². The molecule has 0 amide bonds. The van der Waals surface area contributed by atoms with Gasteiger partial charge in [0, 0.05) is 10.0 Å². The van der Waals surface area contributed by atoms with Crippen LogP contribution in [0, 0.1) is 0 Å². The van der Waals surface area contributed by atoms with Crippen LogP contribution in [0.2, 0.25) is 0 Å². The molecule has 0 fully saturated rings. The number of hydrogen-bond acceptors (Lipinski definition) is 2. The molecule has 0 spiro atoms. The van der Waals surface area contributed by atoms with Gasteiger partial charge in [0.15, 0.2) is 0 Å². The Morgan fingerprint density at radius 3 is 2.36 bits per heavy atom. The molecule has 0 aliphatic rings. The molecule has 76 valence electrons. The van der Waals surface area contributed by atoms with E-state index in [9.17, 15) is 23.1 Å². The summed E-state index contributed by atoms with van der Waals surface area (Å²) in [7, 11) is 0. The molecule has 1 aromatic rings. The highest BCUT2D eigenvalue weighted by Gasteiger charge is 2.30. The van der Waals surface area contributed by atoms with Crippen molar-refractivity contribution in [2.24, 2.45) is 0 Å². The SMILES string of the molecule is O=C([O-])c1cc(C(F)(F)F)ccc1Br. The minimum Gasteiger partial charge on any atom is -0.545 e. The Kier molecular flexibility index (Phi) is 2.84. The van der Waals surface area contributed by atoms with Crippen molar-refractivity contribution >= 4 is 21.9 Å². The number of benzene rings is 1. The monoisotopic (exact) mass is 267 g/mol. The predicted octanol–water partition coefficient (Wildman–Crippen LogP) is 1.83. The van der Waals surface area contributed by atoms with Crippen molar-refractivity contribution < 1.29 is 23.1 Å². The Balaban J connectivity index is 3.27. The zero-order valence-electron chi connectivity index (χ0n) is 6.56. The third-order valence-corrected chi connectivity index (χ3v) is 2.21. The molecule has 0 aliphatic carbocycles. The van der Waals surface area contributed by atoms with Gasteiger partial charge in [-0.05, 0) is 18.2 Å². The standard InChI is InChI=1S/C8H4BrF3O2/c9-6-2-1-4(8(10,11)12)3-5(6)7(13)14/h1-3H,(H,13,14)/p-1. The normalized spacial score (nSPS) is 11.4. The van der Waals surface area contributed by atoms with E-state index in [1.54, 1.807) is 0 Å². The highest BCUT2D eigenvalue weighted by atomic mass is 79.9. The van der Waals surface area contributed by atoms with Crippen LogP contribution in [0.1, 0.15) is 15.9 Å². The van der Waals surface area contributed by atoms with Gasteiger partial charge in [0.1, 0.15) is 0 Å². The van der Waals surface area contributed by atoms with Crippen molar-refractivity contribution in [2.75, 3.05) is 0 Å². The third-order valence-electron chi connectivity index (χ3n) is 1.51. The van der Waals surface area contributed by atoms with Crippen LogP contribution in [-0.2, 0) is 6.18 Å². The lowest BCUT2D eigenvalue weighted by atomic mass is 10.1. The van der Waals surface area contributed by atoms with Crippen molar-refractivity contribution in [2.45, 2.75) is 6.18 Å². The van der Waals surface area contributed by atoms with Crippen LogP contribution in [0.25, 0.3) is 0 Å². The lowest BCUT2D eigenvalue weighted by Crippen LogP contribution is -2.23. The van der Waals surface area contributed by atoms with Gasteiger partial charge in [-0.1, -0.05) is 15.9 Å². The summed E-state index contributed by atoms with van der Waals surface area (Å²) >= 11 is 2.81. The fourth-order valence-electron chi connectivity index (χ4n) is 0.858. The first-order chi connectivity index (χ1) is 6.32. The highest BCUT2D eigenvalue weighted by molar-refractivity contribution is 9.10. The number of carbonyl (C=O) groups is 1. The second-order valence-electron chi connectivity index (χ2n) is 2.48. The van der Waals surface area contributed by atoms with E-state index in [1.165, 1.54) is 0 Å². The quantitative estimate of drug-likeness (QED) is 0.779. The van der Waals surface area contributed by atoms with Crippen LogP contribution < -0.4 is 5.11 Å². The molecule has 0 atom stereocenters. The molecule has 0 aliphatic heterocycles. The first-order valence-electron chi connectivity index (χ1n) is 3.40. The predicted molar refractivity (Wildman–Crippen MR) is 43.5 cm³/mol. The van der Waals surface area contributed by atoms with Crippen molar-refractivity contribution in [1.29, 1.82) is 0 Å². The third kappa shape index (κ3) is 2.25. The maximum absolute atomic E-state index is 12.1. The number of halogens is 4. The van der Waals surface area contributed by atoms with E-state index < -0.39 is 23.3 Å². The second kappa shape index (κ2) is 3.61. The zero-order valence-corrected chi connectivity index (χ0v) is 8.15. The van der Waals surface area contributed by atoms with Gasteiger partial charge in [0.2, 0.25) is 0 Å². The number of carbonyl (C=O) groups excluding carboxylic acids is 1. The topological polar surface area (TPSA) is 40.1 Å². The molecule has 0 bridgehead atoms. The van der Waals surface area contributed by atoms with Crippen LogP contribution in [0.15, 0.2) is 22.7 Å². The van der Waals surface area contributed by atoms with Crippen LogP contribution >= 0.6 is 15.9 Å². The molecular formula is C8H3BrF3O2-. The van der Waals surface area contributed by atoms with Crippen LogP contribution in [0.4, 0.5) is 13.2 Å². The summed E-state index contributed by atoms with van der Waals surface area (Å²) in [4.78, 5) is 10.4. The number of aromatic carboxylic acids is 1. The Labute approximate surface area is 85.5 Å². The maximum atomic E-state index is 12.1. The lowest BCUT2D eigenvalue weighted by Gasteiger charge is -2.10. The van der Waals surface area contributed by atoms with Gasteiger partial charge in [-0.3, -0.25) is 0 Å². The summed E-state index contributed by atoms with van der Waals surface area (Å²) in [5, 5.41) is 10.4. The van der Waals surface area contributed by atoms with Gasteiger partial charge in [-0.25, -0.2) is 0 Å². The summed E-state index contributed by atoms with van der Waals surface area (Å²) in [6, 6.07) is 2.34. The van der Waals surface area contributed by atoms with E-state index in [4.69, 9.17) is 0 Å². The fourth-order valence-corrected chi connectivity index (χ4v) is 1.27. The number of carboxylic acids is 1. The Morgan fingerprint density at radius 2 is 1.93 bits per heavy atom. The average molecular weight is 268 g/mol. The molecule has 14 heavy (non-hydrogen) atoms. The lowest BCUT2D eigenvalue weighted by molar-refractivity contribution is -0.255. The average Bonchev–Trinajstić information content (AvgIpc) is 2.02.